The highest BCUT2D eigenvalue weighted by molar-refractivity contribution is 9.42. The van der Waals surface area contributed by atoms with Gasteiger partial charge in [0, 0.05) is 17.2 Å². The molecule has 0 saturated heterocycles. The summed E-state index contributed by atoms with van der Waals surface area (Å²) < 4.78 is 98.1. The monoisotopic (exact) mass is 803 g/mol. The Bertz CT molecular complexity index is 1660. The van der Waals surface area contributed by atoms with Crippen LogP contribution in [0.1, 0.15) is 39.9 Å². The minimum atomic E-state index is -5.32. The molecule has 1 unspecified atom stereocenters. The molecular weight excluding hydrogens is 788 g/mol. The second kappa shape index (κ2) is 13.0. The topological polar surface area (TPSA) is 81.9 Å². The summed E-state index contributed by atoms with van der Waals surface area (Å²) >= 11 is 9.18. The smallest absolute Gasteiger partial charge is 0.284 e. The average Bonchev–Trinajstić information content (AvgIpc) is 3.43. The van der Waals surface area contributed by atoms with E-state index in [2.05, 4.69) is 77.0 Å². The SMILES string of the molecule is CC(c1ccccc1)c1cccc(-n2cnnc2S(=O)(=O)C(Br)(Br)Br)c1.O=C(c1ccccc1C(F)(F)F)C(F)(F)F. The van der Waals surface area contributed by atoms with Crippen LogP contribution in [0.15, 0.2) is 90.3 Å². The van der Waals surface area contributed by atoms with Crippen molar-refractivity contribution < 1.29 is 39.6 Å². The number of benzene rings is 3. The van der Waals surface area contributed by atoms with Crippen molar-refractivity contribution in [2.24, 2.45) is 0 Å². The van der Waals surface area contributed by atoms with Gasteiger partial charge in [0.2, 0.25) is 11.3 Å². The molecule has 0 aliphatic rings. The lowest BCUT2D eigenvalue weighted by Gasteiger charge is -2.16. The minimum absolute atomic E-state index is 0.162. The van der Waals surface area contributed by atoms with E-state index in [9.17, 15) is 39.6 Å². The molecule has 16 heteroatoms. The van der Waals surface area contributed by atoms with Gasteiger partial charge in [-0.05, 0) is 77.1 Å². The van der Waals surface area contributed by atoms with Crippen LogP contribution in [-0.2, 0) is 16.0 Å². The lowest BCUT2D eigenvalue weighted by atomic mass is 9.93. The zero-order chi connectivity index (χ0) is 31.5. The normalized spacial score (nSPS) is 13.2. The fourth-order valence-corrected chi connectivity index (χ4v) is 5.72. The Morgan fingerprint density at radius 2 is 1.40 bits per heavy atom. The van der Waals surface area contributed by atoms with Gasteiger partial charge in [-0.1, -0.05) is 67.6 Å². The molecule has 0 amide bonds. The number of alkyl halides is 9. The molecule has 0 radical (unpaired) electrons. The molecule has 6 nitrogen and oxygen atoms in total. The Morgan fingerprint density at radius 3 is 1.98 bits per heavy atom. The first kappa shape index (κ1) is 33.9. The van der Waals surface area contributed by atoms with E-state index in [0.29, 0.717) is 17.8 Å². The molecule has 42 heavy (non-hydrogen) atoms. The van der Waals surface area contributed by atoms with E-state index >= 15 is 0 Å². The van der Waals surface area contributed by atoms with Crippen molar-refractivity contribution in [1.29, 1.82) is 0 Å². The second-order valence-corrected chi connectivity index (χ2v) is 18.9. The molecule has 1 heterocycles. The number of ketones is 1. The molecule has 0 aliphatic heterocycles. The van der Waals surface area contributed by atoms with Gasteiger partial charge >= 0.3 is 12.4 Å². The molecule has 0 bridgehead atoms. The maximum absolute atomic E-state index is 12.7. The van der Waals surface area contributed by atoms with E-state index in [4.69, 9.17) is 0 Å². The number of hydrogen-bond acceptors (Lipinski definition) is 5. The van der Waals surface area contributed by atoms with Gasteiger partial charge < -0.3 is 0 Å². The zero-order valence-electron chi connectivity index (χ0n) is 21.0. The van der Waals surface area contributed by atoms with Crippen LogP contribution in [0.3, 0.4) is 0 Å². The number of halogens is 9. The minimum Gasteiger partial charge on any atom is -0.284 e. The van der Waals surface area contributed by atoms with Crippen molar-refractivity contribution in [3.63, 3.8) is 0 Å². The molecule has 0 spiro atoms. The van der Waals surface area contributed by atoms with Gasteiger partial charge in [-0.2, -0.15) is 26.3 Å². The number of hydrogen-bond donors (Lipinski definition) is 0. The van der Waals surface area contributed by atoms with E-state index in [1.165, 1.54) is 16.5 Å². The molecule has 3 aromatic carbocycles. The molecule has 1 aromatic heterocycles. The van der Waals surface area contributed by atoms with Crippen LogP contribution in [0.2, 0.25) is 0 Å². The molecule has 0 fully saturated rings. The Morgan fingerprint density at radius 1 is 0.833 bits per heavy atom. The van der Waals surface area contributed by atoms with Crippen molar-refractivity contribution >= 4 is 63.4 Å². The van der Waals surface area contributed by atoms with Crippen molar-refractivity contribution in [3.05, 3.63) is 107 Å². The molecule has 4 aromatic rings. The number of Topliss-reactive ketones (excluding diaryl/α,β-unsaturated/α-hetero) is 1. The van der Waals surface area contributed by atoms with Gasteiger partial charge in [0.05, 0.1) is 5.56 Å². The number of nitrogens with zero attached hydrogens (tertiary/aromatic N) is 3. The Hall–Kier alpha value is -2.56. The maximum Gasteiger partial charge on any atom is 0.454 e. The number of carbonyl (C=O) groups is 1. The van der Waals surface area contributed by atoms with Crippen molar-refractivity contribution in [3.8, 4) is 5.69 Å². The zero-order valence-corrected chi connectivity index (χ0v) is 26.6. The molecule has 224 valence electrons. The molecule has 0 N–H and O–H groups in total. The Labute approximate surface area is 261 Å². The van der Waals surface area contributed by atoms with Crippen molar-refractivity contribution in [2.45, 2.75) is 31.8 Å². The van der Waals surface area contributed by atoms with Crippen LogP contribution in [-0.4, -0.2) is 36.6 Å². The molecule has 0 aliphatic carbocycles. The lowest BCUT2D eigenvalue weighted by Crippen LogP contribution is -2.25. The first-order chi connectivity index (χ1) is 19.4. The summed E-state index contributed by atoms with van der Waals surface area (Å²) in [6, 6.07) is 20.6. The van der Waals surface area contributed by atoms with Crippen LogP contribution in [0, 0.1) is 0 Å². The lowest BCUT2D eigenvalue weighted by molar-refractivity contribution is -0.138. The summed E-state index contributed by atoms with van der Waals surface area (Å²) in [5.41, 5.74) is -0.0550. The van der Waals surface area contributed by atoms with E-state index in [0.717, 1.165) is 17.7 Å². The van der Waals surface area contributed by atoms with Crippen LogP contribution in [0.25, 0.3) is 5.69 Å². The van der Waals surface area contributed by atoms with Crippen LogP contribution in [0.5, 0.6) is 0 Å². The maximum atomic E-state index is 12.7. The number of rotatable bonds is 5. The highest BCUT2D eigenvalue weighted by atomic mass is 80.0. The third-order valence-corrected chi connectivity index (χ3v) is 10.9. The average molecular weight is 806 g/mol. The van der Waals surface area contributed by atoms with E-state index in [1.807, 2.05) is 42.5 Å². The summed E-state index contributed by atoms with van der Waals surface area (Å²) in [7, 11) is -3.86. The molecular formula is C26H18Br3F6N3O3S. The third-order valence-electron chi connectivity index (χ3n) is 5.74. The quantitative estimate of drug-likeness (QED) is 0.115. The molecule has 4 rings (SSSR count). The van der Waals surface area contributed by atoms with Crippen LogP contribution >= 0.6 is 47.8 Å². The van der Waals surface area contributed by atoms with E-state index in [1.54, 1.807) is 0 Å². The largest absolute Gasteiger partial charge is 0.454 e. The fourth-order valence-electron chi connectivity index (χ4n) is 3.65. The van der Waals surface area contributed by atoms with E-state index < -0.39 is 40.6 Å². The van der Waals surface area contributed by atoms with Gasteiger partial charge in [-0.3, -0.25) is 9.36 Å². The summed E-state index contributed by atoms with van der Waals surface area (Å²) in [6.07, 6.45) is -8.92. The van der Waals surface area contributed by atoms with Crippen molar-refractivity contribution in [1.82, 2.24) is 14.8 Å². The molecule has 0 saturated carbocycles. The predicted molar refractivity (Wildman–Crippen MR) is 154 cm³/mol. The number of sulfone groups is 1. The first-order valence-corrected chi connectivity index (χ1v) is 15.4. The highest BCUT2D eigenvalue weighted by Gasteiger charge is 2.44. The van der Waals surface area contributed by atoms with E-state index in [-0.39, 0.29) is 11.1 Å². The van der Waals surface area contributed by atoms with Gasteiger partial charge in [0.1, 0.15) is 6.33 Å². The van der Waals surface area contributed by atoms with Crippen LogP contribution in [0.4, 0.5) is 26.3 Å². The predicted octanol–water partition coefficient (Wildman–Crippen LogP) is 8.44. The number of carbonyl (C=O) groups excluding carboxylic acids is 1. The van der Waals surface area contributed by atoms with Gasteiger partial charge in [-0.15, -0.1) is 10.2 Å². The van der Waals surface area contributed by atoms with Gasteiger partial charge in [0.25, 0.3) is 10.9 Å². The standard InChI is InChI=1S/C17H14Br3N3O2S.C9H4F6O/c1-12(13-6-3-2-4-7-13)14-8-5-9-15(10-14)23-11-21-22-16(23)26(24,25)17(18,19)20;10-8(11,12)6-4-2-1-3-5(6)7(16)9(13,14)15/h2-12H,1H3;1-4H. The second-order valence-electron chi connectivity index (χ2n) is 8.53. The van der Waals surface area contributed by atoms with Gasteiger partial charge in [-0.25, -0.2) is 8.42 Å². The number of aromatic nitrogens is 3. The fraction of sp³-hybridized carbons (Fsp3) is 0.192. The van der Waals surface area contributed by atoms with Gasteiger partial charge in [0.15, 0.2) is 0 Å². The highest BCUT2D eigenvalue weighted by Crippen LogP contribution is 2.43. The van der Waals surface area contributed by atoms with Crippen molar-refractivity contribution in [2.75, 3.05) is 0 Å². The first-order valence-electron chi connectivity index (χ1n) is 11.5. The van der Waals surface area contributed by atoms with Crippen LogP contribution < -0.4 is 0 Å². The summed E-state index contributed by atoms with van der Waals surface area (Å²) in [5, 5.41) is 7.41. The summed E-state index contributed by atoms with van der Waals surface area (Å²) in [6.45, 7) is 2.11. The summed E-state index contributed by atoms with van der Waals surface area (Å²) in [4.78, 5) is 10.7. The Balaban J connectivity index is 0.000000260. The molecule has 1 atom stereocenters. The summed E-state index contributed by atoms with van der Waals surface area (Å²) in [5.74, 6) is -2.34. The third kappa shape index (κ3) is 7.88. The Kier molecular flexibility index (Phi) is 10.5.